The molecule has 0 fully saturated rings. The third-order valence-electron chi connectivity index (χ3n) is 1.56. The molecular weight excluding hydrogens is 264 g/mol. The molecule has 2 aromatic heterocycles. The minimum absolute atomic E-state index is 0.697. The molecule has 0 aliphatic heterocycles. The lowest BCUT2D eigenvalue weighted by Gasteiger charge is -1.99. The molecule has 0 saturated carbocycles. The Hall–Kier alpha value is -0.880. The van der Waals surface area contributed by atoms with Crippen LogP contribution in [-0.4, -0.2) is 19.5 Å². The minimum atomic E-state index is 0.697. The van der Waals surface area contributed by atoms with E-state index in [0.717, 1.165) is 9.63 Å². The molecule has 0 saturated heterocycles. The lowest BCUT2D eigenvalue weighted by molar-refractivity contribution is 0.785. The van der Waals surface area contributed by atoms with E-state index in [0.29, 0.717) is 5.16 Å². The van der Waals surface area contributed by atoms with Crippen molar-refractivity contribution in [1.29, 1.82) is 0 Å². The van der Waals surface area contributed by atoms with Crippen molar-refractivity contribution in [3.8, 4) is 0 Å². The summed E-state index contributed by atoms with van der Waals surface area (Å²) in [5.41, 5.74) is 0. The zero-order valence-corrected chi connectivity index (χ0v) is 9.79. The van der Waals surface area contributed by atoms with E-state index in [9.17, 15) is 0 Å². The Morgan fingerprint density at radius 2 is 2.00 bits per heavy atom. The van der Waals surface area contributed by atoms with Crippen LogP contribution in [0.4, 0.5) is 0 Å². The van der Waals surface area contributed by atoms with Crippen LogP contribution in [0.1, 0.15) is 0 Å². The zero-order chi connectivity index (χ0) is 9.97. The van der Waals surface area contributed by atoms with Crippen molar-refractivity contribution in [1.82, 2.24) is 19.5 Å². The van der Waals surface area contributed by atoms with Crippen molar-refractivity contribution >= 4 is 27.7 Å². The fourth-order valence-electron chi connectivity index (χ4n) is 0.885. The van der Waals surface area contributed by atoms with Crippen molar-refractivity contribution in [3.05, 3.63) is 29.3 Å². The topological polar surface area (TPSA) is 43.6 Å². The molecule has 2 rings (SSSR count). The predicted molar refractivity (Wildman–Crippen MR) is 57.1 cm³/mol. The summed E-state index contributed by atoms with van der Waals surface area (Å²) >= 11 is 4.72. The summed E-state index contributed by atoms with van der Waals surface area (Å²) in [5, 5.41) is 1.58. The van der Waals surface area contributed by atoms with E-state index in [-0.39, 0.29) is 0 Å². The van der Waals surface area contributed by atoms with E-state index < -0.39 is 0 Å². The first-order chi connectivity index (χ1) is 6.75. The van der Waals surface area contributed by atoms with Gasteiger partial charge in [-0.25, -0.2) is 15.0 Å². The van der Waals surface area contributed by atoms with Crippen LogP contribution in [0.15, 0.2) is 39.6 Å². The number of aromatic nitrogens is 4. The van der Waals surface area contributed by atoms with Gasteiger partial charge in [0.05, 0.1) is 4.47 Å². The maximum atomic E-state index is 4.17. The second-order valence-corrected chi connectivity index (χ2v) is 4.46. The lowest BCUT2D eigenvalue weighted by Crippen LogP contribution is -1.91. The summed E-state index contributed by atoms with van der Waals surface area (Å²) in [6, 6.07) is 0. The molecule has 0 spiro atoms. The van der Waals surface area contributed by atoms with Gasteiger partial charge in [-0.2, -0.15) is 0 Å². The van der Waals surface area contributed by atoms with Gasteiger partial charge in [0.15, 0.2) is 10.3 Å². The Morgan fingerprint density at radius 3 is 2.57 bits per heavy atom. The Bertz CT molecular complexity index is 425. The number of imidazole rings is 1. The molecule has 0 atom stereocenters. The largest absolute Gasteiger partial charge is 0.329 e. The van der Waals surface area contributed by atoms with Crippen LogP contribution in [-0.2, 0) is 7.05 Å². The van der Waals surface area contributed by atoms with Gasteiger partial charge in [-0.15, -0.1) is 0 Å². The Morgan fingerprint density at radius 1 is 1.29 bits per heavy atom. The SMILES string of the molecule is Cn1ccnc1Sc1ncc(Br)cn1. The van der Waals surface area contributed by atoms with Crippen LogP contribution in [0.3, 0.4) is 0 Å². The van der Waals surface area contributed by atoms with E-state index in [2.05, 4.69) is 30.9 Å². The summed E-state index contributed by atoms with van der Waals surface area (Å²) in [4.78, 5) is 12.5. The molecule has 0 bridgehead atoms. The number of aryl methyl sites for hydroxylation is 1. The van der Waals surface area contributed by atoms with Crippen molar-refractivity contribution in [2.75, 3.05) is 0 Å². The third-order valence-corrected chi connectivity index (χ3v) is 2.94. The van der Waals surface area contributed by atoms with E-state index >= 15 is 0 Å². The molecule has 2 heterocycles. The van der Waals surface area contributed by atoms with Gasteiger partial charge in [-0.3, -0.25) is 0 Å². The van der Waals surface area contributed by atoms with Gasteiger partial charge in [-0.1, -0.05) is 0 Å². The van der Waals surface area contributed by atoms with Crippen LogP contribution >= 0.6 is 27.7 Å². The van der Waals surface area contributed by atoms with Gasteiger partial charge in [-0.05, 0) is 27.7 Å². The molecule has 0 radical (unpaired) electrons. The number of rotatable bonds is 2. The number of hydrogen-bond donors (Lipinski definition) is 0. The fourth-order valence-corrected chi connectivity index (χ4v) is 1.78. The van der Waals surface area contributed by atoms with Crippen LogP contribution in [0.2, 0.25) is 0 Å². The quantitative estimate of drug-likeness (QED) is 0.785. The Balaban J connectivity index is 2.19. The van der Waals surface area contributed by atoms with Crippen LogP contribution < -0.4 is 0 Å². The van der Waals surface area contributed by atoms with Crippen LogP contribution in [0.5, 0.6) is 0 Å². The standard InChI is InChI=1S/C8H7BrN4S/c1-13-3-2-10-8(13)14-7-11-4-6(9)5-12-7/h2-5H,1H3. The van der Waals surface area contributed by atoms with Gasteiger partial charge in [0, 0.05) is 31.8 Å². The van der Waals surface area contributed by atoms with Gasteiger partial charge in [0.2, 0.25) is 0 Å². The van der Waals surface area contributed by atoms with Crippen molar-refractivity contribution < 1.29 is 0 Å². The molecule has 72 valence electrons. The molecule has 0 N–H and O–H groups in total. The van der Waals surface area contributed by atoms with Crippen molar-refractivity contribution in [2.45, 2.75) is 10.3 Å². The van der Waals surface area contributed by atoms with Gasteiger partial charge >= 0.3 is 0 Å². The molecule has 0 unspecified atom stereocenters. The minimum Gasteiger partial charge on any atom is -0.329 e. The number of halogens is 1. The third kappa shape index (κ3) is 2.13. The highest BCUT2D eigenvalue weighted by Gasteiger charge is 2.04. The summed E-state index contributed by atoms with van der Waals surface area (Å²) in [6.07, 6.45) is 7.08. The molecule has 0 aliphatic carbocycles. The van der Waals surface area contributed by atoms with Gasteiger partial charge < -0.3 is 4.57 Å². The molecule has 2 aromatic rings. The molecule has 0 amide bonds. The maximum absolute atomic E-state index is 4.17. The zero-order valence-electron chi connectivity index (χ0n) is 7.38. The average Bonchev–Trinajstić information content (AvgIpc) is 2.56. The van der Waals surface area contributed by atoms with Crippen molar-refractivity contribution in [2.24, 2.45) is 7.05 Å². The normalized spacial score (nSPS) is 10.4. The van der Waals surface area contributed by atoms with Crippen LogP contribution in [0.25, 0.3) is 0 Å². The monoisotopic (exact) mass is 270 g/mol. The predicted octanol–water partition coefficient (Wildman–Crippen LogP) is 2.12. The van der Waals surface area contributed by atoms with E-state index in [1.807, 2.05) is 17.8 Å². The summed E-state index contributed by atoms with van der Waals surface area (Å²) in [6.45, 7) is 0. The first-order valence-electron chi connectivity index (χ1n) is 3.88. The maximum Gasteiger partial charge on any atom is 0.195 e. The smallest absolute Gasteiger partial charge is 0.195 e. The highest BCUT2D eigenvalue weighted by atomic mass is 79.9. The molecule has 4 nitrogen and oxygen atoms in total. The molecule has 6 heteroatoms. The fraction of sp³-hybridized carbons (Fsp3) is 0.125. The molecule has 14 heavy (non-hydrogen) atoms. The van der Waals surface area contributed by atoms with E-state index in [1.165, 1.54) is 11.8 Å². The highest BCUT2D eigenvalue weighted by Crippen LogP contribution is 2.22. The van der Waals surface area contributed by atoms with Gasteiger partial charge in [0.1, 0.15) is 0 Å². The Labute approximate surface area is 93.9 Å². The number of hydrogen-bond acceptors (Lipinski definition) is 4. The first-order valence-corrected chi connectivity index (χ1v) is 5.49. The molecule has 0 aliphatic rings. The second kappa shape index (κ2) is 4.10. The van der Waals surface area contributed by atoms with Gasteiger partial charge in [0.25, 0.3) is 0 Å². The molecular formula is C8H7BrN4S. The summed E-state index contributed by atoms with van der Waals surface area (Å²) in [5.74, 6) is 0. The molecule has 0 aromatic carbocycles. The Kier molecular flexibility index (Phi) is 2.83. The summed E-state index contributed by atoms with van der Waals surface area (Å²) < 4.78 is 2.80. The van der Waals surface area contributed by atoms with Crippen molar-refractivity contribution in [3.63, 3.8) is 0 Å². The second-order valence-electron chi connectivity index (χ2n) is 2.61. The van der Waals surface area contributed by atoms with Crippen LogP contribution in [0, 0.1) is 0 Å². The van der Waals surface area contributed by atoms with E-state index in [1.54, 1.807) is 18.6 Å². The lowest BCUT2D eigenvalue weighted by atomic mass is 10.7. The summed E-state index contributed by atoms with van der Waals surface area (Å²) in [7, 11) is 1.94. The highest BCUT2D eigenvalue weighted by molar-refractivity contribution is 9.10. The average molecular weight is 271 g/mol. The first kappa shape index (κ1) is 9.67. The number of nitrogens with zero attached hydrogens (tertiary/aromatic N) is 4. The van der Waals surface area contributed by atoms with E-state index in [4.69, 9.17) is 0 Å².